The van der Waals surface area contributed by atoms with Crippen LogP contribution < -0.4 is 10.1 Å². The van der Waals surface area contributed by atoms with E-state index >= 15 is 0 Å². The number of ether oxygens (including phenoxy) is 1. The van der Waals surface area contributed by atoms with Gasteiger partial charge in [0.15, 0.2) is 0 Å². The predicted octanol–water partition coefficient (Wildman–Crippen LogP) is 2.91. The van der Waals surface area contributed by atoms with Gasteiger partial charge in [-0.3, -0.25) is 9.59 Å². The molecule has 0 spiro atoms. The molecule has 5 heteroatoms. The second kappa shape index (κ2) is 8.19. The maximum Gasteiger partial charge on any atom is 0.303 e. The highest BCUT2D eigenvalue weighted by Gasteiger charge is 2.05. The Kier molecular flexibility index (Phi) is 6.56. The molecule has 20 heavy (non-hydrogen) atoms. The number of carbonyl (C=O) groups excluding carboxylic acids is 1. The zero-order chi connectivity index (χ0) is 15.0. The molecule has 0 bridgehead atoms. The molecule has 1 rings (SSSR count). The number of carbonyl (C=O) groups is 2. The molecule has 0 aliphatic rings. The molecule has 0 aromatic heterocycles. The van der Waals surface area contributed by atoms with Crippen molar-refractivity contribution in [3.8, 4) is 5.75 Å². The van der Waals surface area contributed by atoms with E-state index in [1.165, 1.54) is 0 Å². The van der Waals surface area contributed by atoms with E-state index in [0.717, 1.165) is 5.75 Å². The van der Waals surface area contributed by atoms with Crippen molar-refractivity contribution in [1.29, 1.82) is 0 Å². The Hall–Kier alpha value is -2.04. The van der Waals surface area contributed by atoms with Gasteiger partial charge in [-0.1, -0.05) is 13.8 Å². The van der Waals surface area contributed by atoms with Crippen molar-refractivity contribution in [2.75, 3.05) is 11.9 Å². The zero-order valence-electron chi connectivity index (χ0n) is 11.9. The van der Waals surface area contributed by atoms with Crippen molar-refractivity contribution in [2.45, 2.75) is 33.1 Å². The molecule has 1 amide bonds. The molecule has 0 radical (unpaired) electrons. The number of amides is 1. The molecule has 1 aromatic rings. The highest BCUT2D eigenvalue weighted by atomic mass is 16.5. The Morgan fingerprint density at radius 2 is 1.85 bits per heavy atom. The van der Waals surface area contributed by atoms with Crippen LogP contribution in [0.25, 0.3) is 0 Å². The number of carboxylic acid groups (broad SMARTS) is 1. The Morgan fingerprint density at radius 1 is 1.20 bits per heavy atom. The van der Waals surface area contributed by atoms with Crippen LogP contribution >= 0.6 is 0 Å². The first kappa shape index (κ1) is 16.0. The average molecular weight is 279 g/mol. The molecule has 0 saturated carbocycles. The lowest BCUT2D eigenvalue weighted by Gasteiger charge is -2.09. The van der Waals surface area contributed by atoms with Gasteiger partial charge in [-0.2, -0.15) is 0 Å². The summed E-state index contributed by atoms with van der Waals surface area (Å²) in [6.07, 6.45) is 0.560. The molecule has 1 aromatic carbocycles. The second-order valence-corrected chi connectivity index (χ2v) is 5.02. The fourth-order valence-electron chi connectivity index (χ4n) is 1.52. The zero-order valence-corrected chi connectivity index (χ0v) is 11.9. The van der Waals surface area contributed by atoms with Crippen LogP contribution in [0.1, 0.15) is 33.1 Å². The highest BCUT2D eigenvalue weighted by Crippen LogP contribution is 2.16. The van der Waals surface area contributed by atoms with Crippen LogP contribution in [0, 0.1) is 5.92 Å². The molecule has 0 saturated heterocycles. The lowest BCUT2D eigenvalue weighted by Crippen LogP contribution is -2.11. The lowest BCUT2D eigenvalue weighted by atomic mass is 10.2. The van der Waals surface area contributed by atoms with E-state index in [9.17, 15) is 9.59 Å². The van der Waals surface area contributed by atoms with Crippen molar-refractivity contribution in [2.24, 2.45) is 5.92 Å². The number of anilines is 1. The van der Waals surface area contributed by atoms with Gasteiger partial charge in [0.05, 0.1) is 6.61 Å². The fraction of sp³-hybridized carbons (Fsp3) is 0.467. The minimum Gasteiger partial charge on any atom is -0.493 e. The van der Waals surface area contributed by atoms with Crippen LogP contribution in [0.15, 0.2) is 24.3 Å². The van der Waals surface area contributed by atoms with E-state index in [1.54, 1.807) is 24.3 Å². The third-order valence-electron chi connectivity index (χ3n) is 2.52. The van der Waals surface area contributed by atoms with Gasteiger partial charge in [0.2, 0.25) is 5.91 Å². The van der Waals surface area contributed by atoms with Crippen molar-refractivity contribution < 1.29 is 19.4 Å². The molecule has 0 heterocycles. The second-order valence-electron chi connectivity index (χ2n) is 5.02. The van der Waals surface area contributed by atoms with Crippen molar-refractivity contribution in [1.82, 2.24) is 0 Å². The van der Waals surface area contributed by atoms with Gasteiger partial charge in [0.1, 0.15) is 5.75 Å². The van der Waals surface area contributed by atoms with Gasteiger partial charge in [0.25, 0.3) is 0 Å². The standard InChI is InChI=1S/C15H21NO4/c1-11(2)10-20-13-8-6-12(7-9-13)16-14(17)4-3-5-15(18)19/h6-9,11H,3-5,10H2,1-2H3,(H,16,17)(H,18,19). The number of hydrogen-bond donors (Lipinski definition) is 2. The van der Waals surface area contributed by atoms with E-state index in [-0.39, 0.29) is 18.7 Å². The van der Waals surface area contributed by atoms with Gasteiger partial charge >= 0.3 is 5.97 Å². The molecule has 110 valence electrons. The van der Waals surface area contributed by atoms with Crippen molar-refractivity contribution in [3.05, 3.63) is 24.3 Å². The summed E-state index contributed by atoms with van der Waals surface area (Å²) in [5.41, 5.74) is 0.683. The maximum absolute atomic E-state index is 11.6. The van der Waals surface area contributed by atoms with Crippen LogP contribution in [0.2, 0.25) is 0 Å². The summed E-state index contributed by atoms with van der Waals surface area (Å²) in [5.74, 6) is 0.165. The lowest BCUT2D eigenvalue weighted by molar-refractivity contribution is -0.137. The van der Waals surface area contributed by atoms with Crippen LogP contribution in [0.3, 0.4) is 0 Å². The third kappa shape index (κ3) is 6.78. The fourth-order valence-corrected chi connectivity index (χ4v) is 1.52. The first-order chi connectivity index (χ1) is 9.47. The number of benzene rings is 1. The van der Waals surface area contributed by atoms with Gasteiger partial charge in [-0.25, -0.2) is 0 Å². The number of hydrogen-bond acceptors (Lipinski definition) is 3. The summed E-state index contributed by atoms with van der Waals surface area (Å²) in [5, 5.41) is 11.2. The Labute approximate surface area is 118 Å². The minimum atomic E-state index is -0.885. The monoisotopic (exact) mass is 279 g/mol. The normalized spacial score (nSPS) is 10.3. The van der Waals surface area contributed by atoms with Crippen LogP contribution in [-0.4, -0.2) is 23.6 Å². The van der Waals surface area contributed by atoms with E-state index < -0.39 is 5.97 Å². The number of aliphatic carboxylic acids is 1. The summed E-state index contributed by atoms with van der Waals surface area (Å²) in [6, 6.07) is 7.14. The van der Waals surface area contributed by atoms with E-state index in [2.05, 4.69) is 19.2 Å². The molecular weight excluding hydrogens is 258 g/mol. The molecule has 0 fully saturated rings. The number of nitrogens with one attached hydrogen (secondary N) is 1. The van der Waals surface area contributed by atoms with E-state index in [1.807, 2.05) is 0 Å². The molecule has 5 nitrogen and oxygen atoms in total. The predicted molar refractivity (Wildman–Crippen MR) is 76.9 cm³/mol. The molecule has 0 unspecified atom stereocenters. The Bertz CT molecular complexity index is 440. The van der Waals surface area contributed by atoms with Crippen LogP contribution in [-0.2, 0) is 9.59 Å². The SMILES string of the molecule is CC(C)COc1ccc(NC(=O)CCCC(=O)O)cc1. The maximum atomic E-state index is 11.6. The minimum absolute atomic E-state index is 0.00933. The quantitative estimate of drug-likeness (QED) is 0.767. The van der Waals surface area contributed by atoms with E-state index in [4.69, 9.17) is 9.84 Å². The van der Waals surface area contributed by atoms with Crippen LogP contribution in [0.4, 0.5) is 5.69 Å². The van der Waals surface area contributed by atoms with Gasteiger partial charge in [0, 0.05) is 18.5 Å². The summed E-state index contributed by atoms with van der Waals surface area (Å²) >= 11 is 0. The molecular formula is C15H21NO4. The van der Waals surface area contributed by atoms with Gasteiger partial charge in [-0.05, 0) is 36.6 Å². The molecule has 2 N–H and O–H groups in total. The topological polar surface area (TPSA) is 75.6 Å². The number of rotatable bonds is 8. The first-order valence-electron chi connectivity index (χ1n) is 6.72. The van der Waals surface area contributed by atoms with Crippen LogP contribution in [0.5, 0.6) is 5.75 Å². The molecule has 0 atom stereocenters. The molecule has 0 aliphatic carbocycles. The number of carboxylic acids is 1. The summed E-state index contributed by atoms with van der Waals surface area (Å²) in [6.45, 7) is 4.80. The first-order valence-corrected chi connectivity index (χ1v) is 6.72. The average Bonchev–Trinajstić information content (AvgIpc) is 2.37. The van der Waals surface area contributed by atoms with Gasteiger partial charge in [-0.15, -0.1) is 0 Å². The Balaban J connectivity index is 2.36. The largest absolute Gasteiger partial charge is 0.493 e. The summed E-state index contributed by atoms with van der Waals surface area (Å²) < 4.78 is 5.54. The third-order valence-corrected chi connectivity index (χ3v) is 2.52. The van der Waals surface area contributed by atoms with Crippen molar-refractivity contribution in [3.63, 3.8) is 0 Å². The summed E-state index contributed by atoms with van der Waals surface area (Å²) in [7, 11) is 0. The smallest absolute Gasteiger partial charge is 0.303 e. The molecule has 0 aliphatic heterocycles. The highest BCUT2D eigenvalue weighted by molar-refractivity contribution is 5.90. The van der Waals surface area contributed by atoms with E-state index in [0.29, 0.717) is 24.6 Å². The Morgan fingerprint density at radius 3 is 2.40 bits per heavy atom. The van der Waals surface area contributed by atoms with Gasteiger partial charge < -0.3 is 15.2 Å². The van der Waals surface area contributed by atoms with Crippen molar-refractivity contribution >= 4 is 17.6 Å². The summed E-state index contributed by atoms with van der Waals surface area (Å²) in [4.78, 5) is 21.9.